The normalized spacial score (nSPS) is 14.2. The van der Waals surface area contributed by atoms with Crippen LogP contribution in [0.5, 0.6) is 5.75 Å². The molecular weight excluding hydrogens is 268 g/mol. The van der Waals surface area contributed by atoms with Crippen molar-refractivity contribution >= 4 is 17.3 Å². The zero-order chi connectivity index (χ0) is 14.8. The number of nitrogens with zero attached hydrogens (tertiary/aromatic N) is 2. The molecule has 0 saturated heterocycles. The molecule has 0 atom stereocenters. The second-order valence-electron chi connectivity index (χ2n) is 4.94. The lowest BCUT2D eigenvalue weighted by Gasteiger charge is -2.20. The zero-order valence-corrected chi connectivity index (χ0v) is 11.9. The van der Waals surface area contributed by atoms with Gasteiger partial charge in [-0.1, -0.05) is 19.1 Å². The Kier molecular flexibility index (Phi) is 3.51. The second-order valence-corrected chi connectivity index (χ2v) is 4.94. The van der Waals surface area contributed by atoms with E-state index in [-0.39, 0.29) is 11.6 Å². The molecule has 1 aromatic heterocycles. The zero-order valence-electron chi connectivity index (χ0n) is 11.9. The smallest absolute Gasteiger partial charge is 0.281 e. The monoisotopic (exact) mass is 286 g/mol. The Morgan fingerprint density at radius 3 is 3.05 bits per heavy atom. The van der Waals surface area contributed by atoms with Crippen molar-refractivity contribution in [1.82, 2.24) is 10.2 Å². The number of aromatic nitrogens is 2. The molecule has 6 nitrogen and oxygen atoms in total. The van der Waals surface area contributed by atoms with Crippen LogP contribution in [0.1, 0.15) is 29.5 Å². The first-order valence-electron chi connectivity index (χ1n) is 7.08. The summed E-state index contributed by atoms with van der Waals surface area (Å²) in [6.07, 6.45) is 1.48. The van der Waals surface area contributed by atoms with Crippen LogP contribution in [0, 0.1) is 0 Å². The van der Waals surface area contributed by atoms with E-state index in [0.29, 0.717) is 31.0 Å². The standard InChI is InChI=1S/C15H18N4O2/c1-2-10-13(16)14(18-17-10)15(20)19-8-5-9-21-12-7-4-3-6-11(12)19/h3-4,6-7H,2,5,8-9,16H2,1H3,(H,17,18). The summed E-state index contributed by atoms with van der Waals surface area (Å²) in [5.74, 6) is 0.523. The van der Waals surface area contributed by atoms with Gasteiger partial charge in [-0.2, -0.15) is 5.10 Å². The molecule has 1 aromatic carbocycles. The van der Waals surface area contributed by atoms with Crippen LogP contribution in [0.2, 0.25) is 0 Å². The third-order valence-electron chi connectivity index (χ3n) is 3.62. The Hall–Kier alpha value is -2.50. The topological polar surface area (TPSA) is 84.2 Å². The van der Waals surface area contributed by atoms with Gasteiger partial charge in [-0.25, -0.2) is 0 Å². The summed E-state index contributed by atoms with van der Waals surface area (Å²) in [7, 11) is 0. The number of H-pyrrole nitrogens is 1. The summed E-state index contributed by atoms with van der Waals surface area (Å²) in [6.45, 7) is 3.15. The summed E-state index contributed by atoms with van der Waals surface area (Å²) >= 11 is 0. The minimum absolute atomic E-state index is 0.193. The van der Waals surface area contributed by atoms with Crippen LogP contribution in [0.25, 0.3) is 0 Å². The van der Waals surface area contributed by atoms with Gasteiger partial charge in [0.1, 0.15) is 5.75 Å². The van der Waals surface area contributed by atoms with E-state index < -0.39 is 0 Å². The summed E-state index contributed by atoms with van der Waals surface area (Å²) in [5.41, 5.74) is 8.28. The highest BCUT2D eigenvalue weighted by atomic mass is 16.5. The number of aryl methyl sites for hydroxylation is 1. The number of carbonyl (C=O) groups excluding carboxylic acids is 1. The van der Waals surface area contributed by atoms with Gasteiger partial charge in [0, 0.05) is 6.54 Å². The first-order valence-corrected chi connectivity index (χ1v) is 7.08. The van der Waals surface area contributed by atoms with E-state index in [2.05, 4.69) is 10.2 Å². The Balaban J connectivity index is 1.99. The molecule has 1 amide bonds. The van der Waals surface area contributed by atoms with Gasteiger partial charge in [-0.05, 0) is 25.0 Å². The number of ether oxygens (including phenoxy) is 1. The molecule has 0 aliphatic carbocycles. The number of carbonyl (C=O) groups is 1. The van der Waals surface area contributed by atoms with E-state index in [1.54, 1.807) is 4.90 Å². The van der Waals surface area contributed by atoms with Crippen molar-refractivity contribution in [3.63, 3.8) is 0 Å². The highest BCUT2D eigenvalue weighted by molar-refractivity contribution is 6.08. The molecule has 0 saturated carbocycles. The number of aromatic amines is 1. The summed E-state index contributed by atoms with van der Waals surface area (Å²) in [5, 5.41) is 6.91. The highest BCUT2D eigenvalue weighted by Crippen LogP contribution is 2.32. The van der Waals surface area contributed by atoms with Crippen LogP contribution in [-0.4, -0.2) is 29.3 Å². The molecule has 0 radical (unpaired) electrons. The van der Waals surface area contributed by atoms with Gasteiger partial charge < -0.3 is 15.4 Å². The Morgan fingerprint density at radius 1 is 1.48 bits per heavy atom. The van der Waals surface area contributed by atoms with E-state index in [1.165, 1.54) is 0 Å². The lowest BCUT2D eigenvalue weighted by atomic mass is 10.2. The van der Waals surface area contributed by atoms with Crippen LogP contribution in [0.15, 0.2) is 24.3 Å². The number of hydrogen-bond acceptors (Lipinski definition) is 4. The van der Waals surface area contributed by atoms with Crippen molar-refractivity contribution < 1.29 is 9.53 Å². The average Bonchev–Trinajstić information content (AvgIpc) is 2.75. The summed E-state index contributed by atoms with van der Waals surface area (Å²) < 4.78 is 5.67. The number of hydrogen-bond donors (Lipinski definition) is 2. The Morgan fingerprint density at radius 2 is 2.29 bits per heavy atom. The molecule has 3 rings (SSSR count). The first kappa shape index (κ1) is 13.5. The molecule has 1 aliphatic rings. The Bertz CT molecular complexity index is 665. The van der Waals surface area contributed by atoms with Gasteiger partial charge in [-0.3, -0.25) is 9.89 Å². The number of benzene rings is 1. The van der Waals surface area contributed by atoms with Gasteiger partial charge in [0.05, 0.1) is 23.7 Å². The van der Waals surface area contributed by atoms with E-state index in [0.717, 1.165) is 17.8 Å². The summed E-state index contributed by atoms with van der Waals surface area (Å²) in [4.78, 5) is 14.5. The lowest BCUT2D eigenvalue weighted by Crippen LogP contribution is -2.32. The third kappa shape index (κ3) is 2.33. The molecular formula is C15H18N4O2. The average molecular weight is 286 g/mol. The number of fused-ring (bicyclic) bond motifs is 1. The molecule has 0 fully saturated rings. The number of amides is 1. The largest absolute Gasteiger partial charge is 0.491 e. The lowest BCUT2D eigenvalue weighted by molar-refractivity contribution is 0.0983. The third-order valence-corrected chi connectivity index (χ3v) is 3.62. The molecule has 0 bridgehead atoms. The molecule has 0 unspecified atom stereocenters. The number of nitrogens with two attached hydrogens (primary N) is 1. The maximum Gasteiger partial charge on any atom is 0.281 e. The van der Waals surface area contributed by atoms with E-state index >= 15 is 0 Å². The van der Waals surface area contributed by atoms with Crippen LogP contribution in [0.4, 0.5) is 11.4 Å². The minimum Gasteiger partial charge on any atom is -0.491 e. The van der Waals surface area contributed by atoms with Crippen LogP contribution in [-0.2, 0) is 6.42 Å². The Labute approximate surface area is 122 Å². The number of anilines is 2. The maximum atomic E-state index is 12.8. The molecule has 21 heavy (non-hydrogen) atoms. The van der Waals surface area contributed by atoms with Crippen LogP contribution in [0.3, 0.4) is 0 Å². The SMILES string of the molecule is CCc1[nH]nc(C(=O)N2CCCOc3ccccc32)c1N. The van der Waals surface area contributed by atoms with E-state index in [4.69, 9.17) is 10.5 Å². The molecule has 1 aliphatic heterocycles. The second kappa shape index (κ2) is 5.47. The van der Waals surface area contributed by atoms with E-state index in [9.17, 15) is 4.79 Å². The maximum absolute atomic E-state index is 12.8. The molecule has 2 heterocycles. The summed E-state index contributed by atoms with van der Waals surface area (Å²) in [6, 6.07) is 7.53. The van der Waals surface area contributed by atoms with Gasteiger partial charge in [0.15, 0.2) is 5.69 Å². The van der Waals surface area contributed by atoms with Crippen LogP contribution >= 0.6 is 0 Å². The predicted molar refractivity (Wildman–Crippen MR) is 80.6 cm³/mol. The van der Waals surface area contributed by atoms with Crippen molar-refractivity contribution in [2.24, 2.45) is 0 Å². The number of rotatable bonds is 2. The van der Waals surface area contributed by atoms with Crippen molar-refractivity contribution in [3.05, 3.63) is 35.7 Å². The molecule has 2 aromatic rings. The number of para-hydroxylation sites is 2. The van der Waals surface area contributed by atoms with Gasteiger partial charge in [0.2, 0.25) is 0 Å². The number of nitrogens with one attached hydrogen (secondary N) is 1. The minimum atomic E-state index is -0.193. The molecule has 3 N–H and O–H groups in total. The first-order chi connectivity index (χ1) is 10.2. The van der Waals surface area contributed by atoms with Gasteiger partial charge in [-0.15, -0.1) is 0 Å². The highest BCUT2D eigenvalue weighted by Gasteiger charge is 2.27. The molecule has 0 spiro atoms. The van der Waals surface area contributed by atoms with E-state index in [1.807, 2.05) is 31.2 Å². The quantitative estimate of drug-likeness (QED) is 0.884. The molecule has 6 heteroatoms. The van der Waals surface area contributed by atoms with Crippen molar-refractivity contribution in [3.8, 4) is 5.75 Å². The fraction of sp³-hybridized carbons (Fsp3) is 0.333. The predicted octanol–water partition coefficient (Wildman–Crippen LogP) is 1.98. The fourth-order valence-corrected chi connectivity index (χ4v) is 2.49. The van der Waals surface area contributed by atoms with Gasteiger partial charge >= 0.3 is 0 Å². The fourth-order valence-electron chi connectivity index (χ4n) is 2.49. The van der Waals surface area contributed by atoms with Crippen LogP contribution < -0.4 is 15.4 Å². The number of nitrogen functional groups attached to an aromatic ring is 1. The van der Waals surface area contributed by atoms with Gasteiger partial charge in [0.25, 0.3) is 5.91 Å². The van der Waals surface area contributed by atoms with Crippen molar-refractivity contribution in [1.29, 1.82) is 0 Å². The van der Waals surface area contributed by atoms with Crippen molar-refractivity contribution in [2.75, 3.05) is 23.8 Å². The molecule has 110 valence electrons. The van der Waals surface area contributed by atoms with Crippen molar-refractivity contribution in [2.45, 2.75) is 19.8 Å².